The van der Waals surface area contributed by atoms with Gasteiger partial charge in [0, 0.05) is 19.5 Å². The van der Waals surface area contributed by atoms with E-state index in [1.165, 1.54) is 25.7 Å². The molecule has 6 heteroatoms. The fourth-order valence-electron chi connectivity index (χ4n) is 2.10. The molecule has 5 nitrogen and oxygen atoms in total. The maximum atomic E-state index is 11.5. The zero-order valence-electron chi connectivity index (χ0n) is 10.9. The molecule has 18 heavy (non-hydrogen) atoms. The lowest BCUT2D eigenvalue weighted by molar-refractivity contribution is -0.123. The third-order valence-electron chi connectivity index (χ3n) is 3.11. The SMILES string of the molecule is C[C@@H](N)C(=O)NCCNC(=O)CC1CCCC1.Cl. The Morgan fingerprint density at radius 2 is 1.78 bits per heavy atom. The summed E-state index contributed by atoms with van der Waals surface area (Å²) < 4.78 is 0. The molecular weight excluding hydrogens is 254 g/mol. The molecule has 2 amide bonds. The minimum atomic E-state index is -0.496. The lowest BCUT2D eigenvalue weighted by Crippen LogP contribution is -2.42. The topological polar surface area (TPSA) is 84.2 Å². The smallest absolute Gasteiger partial charge is 0.236 e. The van der Waals surface area contributed by atoms with Gasteiger partial charge in [-0.1, -0.05) is 12.8 Å². The molecule has 1 aliphatic carbocycles. The molecule has 1 fully saturated rings. The highest BCUT2D eigenvalue weighted by Gasteiger charge is 2.17. The molecule has 1 saturated carbocycles. The van der Waals surface area contributed by atoms with Crippen LogP contribution in [-0.2, 0) is 9.59 Å². The number of carbonyl (C=O) groups excluding carboxylic acids is 2. The first kappa shape index (κ1) is 17.2. The summed E-state index contributed by atoms with van der Waals surface area (Å²) in [5.41, 5.74) is 5.39. The molecule has 0 unspecified atom stereocenters. The standard InChI is InChI=1S/C12H23N3O2.ClH/c1-9(13)12(17)15-7-6-14-11(16)8-10-4-2-3-5-10;/h9-10H,2-8,13H2,1H3,(H,14,16)(H,15,17);1H/t9-;/m1./s1. The van der Waals surface area contributed by atoms with Crippen LogP contribution in [0, 0.1) is 5.92 Å². The first-order valence-corrected chi connectivity index (χ1v) is 6.39. The first-order chi connectivity index (χ1) is 8.09. The third kappa shape index (κ3) is 6.81. The van der Waals surface area contributed by atoms with Crippen LogP contribution in [0.4, 0.5) is 0 Å². The maximum absolute atomic E-state index is 11.5. The van der Waals surface area contributed by atoms with Crippen LogP contribution < -0.4 is 16.4 Å². The van der Waals surface area contributed by atoms with Gasteiger partial charge in [0.1, 0.15) is 0 Å². The van der Waals surface area contributed by atoms with Crippen molar-refractivity contribution in [2.45, 2.75) is 45.1 Å². The molecule has 0 heterocycles. The molecule has 4 N–H and O–H groups in total. The number of hydrogen-bond acceptors (Lipinski definition) is 3. The minimum Gasteiger partial charge on any atom is -0.354 e. The van der Waals surface area contributed by atoms with Crippen LogP contribution in [0.5, 0.6) is 0 Å². The highest BCUT2D eigenvalue weighted by atomic mass is 35.5. The summed E-state index contributed by atoms with van der Waals surface area (Å²) in [5, 5.41) is 5.46. The molecule has 0 aromatic carbocycles. The van der Waals surface area contributed by atoms with Gasteiger partial charge in [0.15, 0.2) is 0 Å². The number of amides is 2. The van der Waals surface area contributed by atoms with E-state index in [9.17, 15) is 9.59 Å². The molecule has 0 bridgehead atoms. The summed E-state index contributed by atoms with van der Waals surface area (Å²) in [4.78, 5) is 22.6. The Balaban J connectivity index is 0.00000289. The fraction of sp³-hybridized carbons (Fsp3) is 0.833. The van der Waals surface area contributed by atoms with Gasteiger partial charge in [0.05, 0.1) is 6.04 Å². The van der Waals surface area contributed by atoms with Crippen LogP contribution in [0.3, 0.4) is 0 Å². The minimum absolute atomic E-state index is 0. The molecule has 106 valence electrons. The van der Waals surface area contributed by atoms with Gasteiger partial charge in [-0.3, -0.25) is 9.59 Å². The van der Waals surface area contributed by atoms with Gasteiger partial charge < -0.3 is 16.4 Å². The van der Waals surface area contributed by atoms with Gasteiger partial charge in [-0.15, -0.1) is 12.4 Å². The van der Waals surface area contributed by atoms with Crippen LogP contribution in [0.1, 0.15) is 39.0 Å². The lowest BCUT2D eigenvalue weighted by atomic mass is 10.0. The van der Waals surface area contributed by atoms with E-state index < -0.39 is 6.04 Å². The summed E-state index contributed by atoms with van der Waals surface area (Å²) in [6.45, 7) is 2.55. The second kappa shape index (κ2) is 9.16. The summed E-state index contributed by atoms with van der Waals surface area (Å²) in [6, 6.07) is -0.496. The second-order valence-electron chi connectivity index (χ2n) is 4.78. The predicted molar refractivity (Wildman–Crippen MR) is 73.5 cm³/mol. The molecule has 0 radical (unpaired) electrons. The van der Waals surface area contributed by atoms with E-state index in [2.05, 4.69) is 10.6 Å². The Hall–Kier alpha value is -0.810. The second-order valence-corrected chi connectivity index (χ2v) is 4.78. The zero-order chi connectivity index (χ0) is 12.7. The quantitative estimate of drug-likeness (QED) is 0.621. The Morgan fingerprint density at radius 3 is 2.33 bits per heavy atom. The Labute approximate surface area is 115 Å². The number of carbonyl (C=O) groups is 2. The largest absolute Gasteiger partial charge is 0.354 e. The molecule has 1 aliphatic rings. The van der Waals surface area contributed by atoms with Crippen molar-refractivity contribution in [3.05, 3.63) is 0 Å². The Kier molecular flexibility index (Phi) is 8.75. The average Bonchev–Trinajstić information content (AvgIpc) is 2.76. The van der Waals surface area contributed by atoms with Crippen molar-refractivity contribution >= 4 is 24.2 Å². The van der Waals surface area contributed by atoms with Crippen molar-refractivity contribution in [2.24, 2.45) is 11.7 Å². The third-order valence-corrected chi connectivity index (χ3v) is 3.11. The maximum Gasteiger partial charge on any atom is 0.236 e. The van der Waals surface area contributed by atoms with E-state index >= 15 is 0 Å². The summed E-state index contributed by atoms with van der Waals surface area (Å²) in [6.07, 6.45) is 5.48. The van der Waals surface area contributed by atoms with Gasteiger partial charge in [-0.25, -0.2) is 0 Å². The molecule has 1 rings (SSSR count). The number of rotatable bonds is 6. The van der Waals surface area contributed by atoms with E-state index in [1.807, 2.05) is 0 Å². The van der Waals surface area contributed by atoms with E-state index in [-0.39, 0.29) is 24.2 Å². The predicted octanol–water partition coefficient (Wildman–Crippen LogP) is 0.568. The van der Waals surface area contributed by atoms with E-state index in [1.54, 1.807) is 6.92 Å². The molecular formula is C12H24ClN3O2. The van der Waals surface area contributed by atoms with Crippen molar-refractivity contribution in [1.29, 1.82) is 0 Å². The van der Waals surface area contributed by atoms with Gasteiger partial charge >= 0.3 is 0 Å². The van der Waals surface area contributed by atoms with Gasteiger partial charge in [-0.2, -0.15) is 0 Å². The number of hydrogen-bond donors (Lipinski definition) is 3. The van der Waals surface area contributed by atoms with E-state index in [0.717, 1.165) is 0 Å². The van der Waals surface area contributed by atoms with Crippen LogP contribution in [0.2, 0.25) is 0 Å². The fourth-order valence-corrected chi connectivity index (χ4v) is 2.10. The van der Waals surface area contributed by atoms with E-state index in [0.29, 0.717) is 25.4 Å². The lowest BCUT2D eigenvalue weighted by Gasteiger charge is -2.11. The first-order valence-electron chi connectivity index (χ1n) is 6.39. The zero-order valence-corrected chi connectivity index (χ0v) is 11.7. The summed E-state index contributed by atoms with van der Waals surface area (Å²) >= 11 is 0. The van der Waals surface area contributed by atoms with E-state index in [4.69, 9.17) is 5.73 Å². The Morgan fingerprint density at radius 1 is 1.22 bits per heavy atom. The normalized spacial score (nSPS) is 16.8. The van der Waals surface area contributed by atoms with Crippen molar-refractivity contribution in [3.8, 4) is 0 Å². The average molecular weight is 278 g/mol. The van der Waals surface area contributed by atoms with Crippen LogP contribution in [-0.4, -0.2) is 30.9 Å². The molecule has 0 aliphatic heterocycles. The number of nitrogens with two attached hydrogens (primary N) is 1. The molecule has 1 atom stereocenters. The van der Waals surface area contributed by atoms with Gasteiger partial charge in [0.2, 0.25) is 11.8 Å². The van der Waals surface area contributed by atoms with Gasteiger partial charge in [-0.05, 0) is 25.7 Å². The number of nitrogens with one attached hydrogen (secondary N) is 2. The van der Waals surface area contributed by atoms with Crippen LogP contribution >= 0.6 is 12.4 Å². The van der Waals surface area contributed by atoms with Gasteiger partial charge in [0.25, 0.3) is 0 Å². The van der Waals surface area contributed by atoms with Crippen molar-refractivity contribution in [1.82, 2.24) is 10.6 Å². The molecule has 0 aromatic heterocycles. The molecule has 0 spiro atoms. The number of halogens is 1. The summed E-state index contributed by atoms with van der Waals surface area (Å²) in [5.74, 6) is 0.468. The van der Waals surface area contributed by atoms with Crippen LogP contribution in [0.25, 0.3) is 0 Å². The van der Waals surface area contributed by atoms with Crippen molar-refractivity contribution in [3.63, 3.8) is 0 Å². The molecule has 0 saturated heterocycles. The highest BCUT2D eigenvalue weighted by molar-refractivity contribution is 5.85. The van der Waals surface area contributed by atoms with Crippen molar-refractivity contribution in [2.75, 3.05) is 13.1 Å². The molecule has 0 aromatic rings. The van der Waals surface area contributed by atoms with Crippen LogP contribution in [0.15, 0.2) is 0 Å². The van der Waals surface area contributed by atoms with Crippen molar-refractivity contribution < 1.29 is 9.59 Å². The highest BCUT2D eigenvalue weighted by Crippen LogP contribution is 2.27. The monoisotopic (exact) mass is 277 g/mol. The summed E-state index contributed by atoms with van der Waals surface area (Å²) in [7, 11) is 0. The Bertz CT molecular complexity index is 266.